The van der Waals surface area contributed by atoms with Crippen LogP contribution in [0.2, 0.25) is 0 Å². The average molecular weight is 369 g/mol. The average Bonchev–Trinajstić information content (AvgIpc) is 3.11. The number of fused-ring (bicyclic) bond motifs is 1. The Morgan fingerprint density at radius 3 is 2.62 bits per heavy atom. The Morgan fingerprint density at radius 1 is 1.27 bits per heavy atom. The van der Waals surface area contributed by atoms with Gasteiger partial charge in [-0.2, -0.15) is 13.2 Å². The molecule has 1 aliphatic heterocycles. The van der Waals surface area contributed by atoms with Crippen molar-refractivity contribution in [2.45, 2.75) is 45.5 Å². The molecule has 0 aliphatic carbocycles. The summed E-state index contributed by atoms with van der Waals surface area (Å²) in [5.41, 5.74) is 0.177. The lowest BCUT2D eigenvalue weighted by Crippen LogP contribution is -2.35. The Kier molecular flexibility index (Phi) is 4.62. The van der Waals surface area contributed by atoms with E-state index in [0.29, 0.717) is 30.5 Å². The SMILES string of the molecule is CC(C)(C)OC(=O)N1CC[C@@H](Cn2c(C(F)(F)F)nc3ccccc32)C1. The number of aromatic nitrogens is 2. The second-order valence-electron chi connectivity index (χ2n) is 7.61. The van der Waals surface area contributed by atoms with E-state index >= 15 is 0 Å². The number of halogens is 3. The first kappa shape index (κ1) is 18.5. The molecule has 1 saturated heterocycles. The molecule has 0 bridgehead atoms. The second-order valence-corrected chi connectivity index (χ2v) is 7.61. The summed E-state index contributed by atoms with van der Waals surface area (Å²) in [6, 6.07) is 6.57. The first-order valence-corrected chi connectivity index (χ1v) is 8.55. The number of hydrogen-bond acceptors (Lipinski definition) is 3. The summed E-state index contributed by atoms with van der Waals surface area (Å²) in [7, 11) is 0. The molecule has 26 heavy (non-hydrogen) atoms. The van der Waals surface area contributed by atoms with Crippen molar-refractivity contribution in [1.82, 2.24) is 14.5 Å². The van der Waals surface area contributed by atoms with Gasteiger partial charge >= 0.3 is 12.3 Å². The molecule has 2 aromatic rings. The molecule has 0 radical (unpaired) electrons. The molecule has 5 nitrogen and oxygen atoms in total. The van der Waals surface area contributed by atoms with E-state index in [1.807, 2.05) is 0 Å². The third-order valence-corrected chi connectivity index (χ3v) is 4.29. The minimum absolute atomic E-state index is 0.0822. The van der Waals surface area contributed by atoms with Gasteiger partial charge in [-0.05, 0) is 45.2 Å². The van der Waals surface area contributed by atoms with E-state index in [0.717, 1.165) is 0 Å². The summed E-state index contributed by atoms with van der Waals surface area (Å²) in [5.74, 6) is -0.976. The van der Waals surface area contributed by atoms with Gasteiger partial charge in [0.1, 0.15) is 5.60 Å². The lowest BCUT2D eigenvalue weighted by Gasteiger charge is -2.24. The topological polar surface area (TPSA) is 47.4 Å². The summed E-state index contributed by atoms with van der Waals surface area (Å²) in [6.45, 7) is 6.37. The van der Waals surface area contributed by atoms with E-state index in [1.54, 1.807) is 49.9 Å². The molecule has 0 unspecified atom stereocenters. The van der Waals surface area contributed by atoms with E-state index in [4.69, 9.17) is 4.74 Å². The molecule has 1 fully saturated rings. The first-order valence-electron chi connectivity index (χ1n) is 8.55. The lowest BCUT2D eigenvalue weighted by molar-refractivity contribution is -0.147. The minimum atomic E-state index is -4.53. The molecule has 0 N–H and O–H groups in total. The number of ether oxygens (including phenoxy) is 1. The monoisotopic (exact) mass is 369 g/mol. The van der Waals surface area contributed by atoms with Crippen LogP contribution in [0.4, 0.5) is 18.0 Å². The number of carbonyl (C=O) groups is 1. The fraction of sp³-hybridized carbons (Fsp3) is 0.556. The van der Waals surface area contributed by atoms with Crippen LogP contribution < -0.4 is 0 Å². The standard InChI is InChI=1S/C18H22F3N3O2/c1-17(2,3)26-16(25)23-9-8-12(10-23)11-24-14-7-5-4-6-13(14)22-15(24)18(19,20)21/h4-7,12H,8-11H2,1-3H3/t12-/m1/s1. The van der Waals surface area contributed by atoms with E-state index in [-0.39, 0.29) is 12.5 Å². The maximum atomic E-state index is 13.4. The van der Waals surface area contributed by atoms with Crippen molar-refractivity contribution in [3.8, 4) is 0 Å². The fourth-order valence-corrected chi connectivity index (χ4v) is 3.21. The Labute approximate surface area is 149 Å². The van der Waals surface area contributed by atoms with Crippen LogP contribution in [-0.4, -0.2) is 39.2 Å². The largest absolute Gasteiger partial charge is 0.449 e. The van der Waals surface area contributed by atoms with Crippen molar-refractivity contribution in [3.05, 3.63) is 30.1 Å². The van der Waals surface area contributed by atoms with E-state index < -0.39 is 23.7 Å². The third kappa shape index (κ3) is 3.94. The maximum absolute atomic E-state index is 13.4. The molecule has 0 spiro atoms. The molecule has 1 amide bonds. The van der Waals surface area contributed by atoms with Gasteiger partial charge in [0.2, 0.25) is 5.82 Å². The number of para-hydroxylation sites is 2. The van der Waals surface area contributed by atoms with Crippen LogP contribution in [0.5, 0.6) is 0 Å². The summed E-state index contributed by atoms with van der Waals surface area (Å²) in [4.78, 5) is 17.5. The normalized spacial score (nSPS) is 18.5. The van der Waals surface area contributed by atoms with Crippen LogP contribution in [0, 0.1) is 5.92 Å². The van der Waals surface area contributed by atoms with Crippen LogP contribution in [-0.2, 0) is 17.5 Å². The molecular formula is C18H22F3N3O2. The van der Waals surface area contributed by atoms with Gasteiger partial charge in [0.15, 0.2) is 0 Å². The molecular weight excluding hydrogens is 347 g/mol. The van der Waals surface area contributed by atoms with E-state index in [2.05, 4.69) is 4.98 Å². The third-order valence-electron chi connectivity index (χ3n) is 4.29. The summed E-state index contributed by atoms with van der Waals surface area (Å²) >= 11 is 0. The van der Waals surface area contributed by atoms with Crippen LogP contribution in [0.1, 0.15) is 33.0 Å². The molecule has 3 rings (SSSR count). The highest BCUT2D eigenvalue weighted by molar-refractivity contribution is 5.76. The van der Waals surface area contributed by atoms with Gasteiger partial charge in [-0.1, -0.05) is 12.1 Å². The van der Waals surface area contributed by atoms with Crippen LogP contribution in [0.15, 0.2) is 24.3 Å². The van der Waals surface area contributed by atoms with Gasteiger partial charge in [-0.3, -0.25) is 0 Å². The zero-order chi connectivity index (χ0) is 19.1. The number of amides is 1. The van der Waals surface area contributed by atoms with Gasteiger partial charge in [0, 0.05) is 19.6 Å². The smallest absolute Gasteiger partial charge is 0.444 e. The van der Waals surface area contributed by atoms with Gasteiger partial charge in [-0.25, -0.2) is 9.78 Å². The molecule has 142 valence electrons. The Hall–Kier alpha value is -2.25. The predicted octanol–water partition coefficient (Wildman–Crippen LogP) is 4.31. The molecule has 1 aromatic heterocycles. The summed E-state index contributed by atoms with van der Waals surface area (Å²) in [6.07, 6.45) is -4.32. The molecule has 2 heterocycles. The summed E-state index contributed by atoms with van der Waals surface area (Å²) in [5, 5.41) is 0. The highest BCUT2D eigenvalue weighted by atomic mass is 19.4. The van der Waals surface area contributed by atoms with Crippen molar-refractivity contribution < 1.29 is 22.7 Å². The van der Waals surface area contributed by atoms with Crippen molar-refractivity contribution >= 4 is 17.1 Å². The van der Waals surface area contributed by atoms with E-state index in [9.17, 15) is 18.0 Å². The van der Waals surface area contributed by atoms with Crippen molar-refractivity contribution in [1.29, 1.82) is 0 Å². The van der Waals surface area contributed by atoms with Crippen LogP contribution in [0.3, 0.4) is 0 Å². The van der Waals surface area contributed by atoms with Gasteiger partial charge in [-0.15, -0.1) is 0 Å². The first-order chi connectivity index (χ1) is 12.0. The quantitative estimate of drug-likeness (QED) is 0.792. The highest BCUT2D eigenvalue weighted by Crippen LogP contribution is 2.33. The number of rotatable bonds is 2. The molecule has 0 saturated carbocycles. The number of hydrogen-bond donors (Lipinski definition) is 0. The number of imidazole rings is 1. The van der Waals surface area contributed by atoms with Gasteiger partial charge in [0.05, 0.1) is 11.0 Å². The van der Waals surface area contributed by atoms with Gasteiger partial charge in [0.25, 0.3) is 0 Å². The van der Waals surface area contributed by atoms with Crippen LogP contribution in [0.25, 0.3) is 11.0 Å². The van der Waals surface area contributed by atoms with Gasteiger partial charge < -0.3 is 14.2 Å². The molecule has 1 aliphatic rings. The molecule has 8 heteroatoms. The highest BCUT2D eigenvalue weighted by Gasteiger charge is 2.39. The zero-order valence-electron chi connectivity index (χ0n) is 15.0. The summed E-state index contributed by atoms with van der Waals surface area (Å²) < 4.78 is 46.7. The minimum Gasteiger partial charge on any atom is -0.444 e. The van der Waals surface area contributed by atoms with Crippen LogP contribution >= 0.6 is 0 Å². The second kappa shape index (κ2) is 6.48. The number of carbonyl (C=O) groups excluding carboxylic acids is 1. The van der Waals surface area contributed by atoms with E-state index in [1.165, 1.54) is 4.57 Å². The predicted molar refractivity (Wildman–Crippen MR) is 90.6 cm³/mol. The Balaban J connectivity index is 1.79. The zero-order valence-corrected chi connectivity index (χ0v) is 15.0. The van der Waals surface area contributed by atoms with Crippen molar-refractivity contribution in [2.75, 3.05) is 13.1 Å². The number of nitrogens with zero attached hydrogens (tertiary/aromatic N) is 3. The Morgan fingerprint density at radius 2 is 1.96 bits per heavy atom. The lowest BCUT2D eigenvalue weighted by atomic mass is 10.1. The van der Waals surface area contributed by atoms with Crippen molar-refractivity contribution in [2.24, 2.45) is 5.92 Å². The maximum Gasteiger partial charge on any atom is 0.449 e. The molecule has 1 atom stereocenters. The number of likely N-dealkylation sites (tertiary alicyclic amines) is 1. The molecule has 1 aromatic carbocycles. The number of benzene rings is 1. The number of alkyl halides is 3. The Bertz CT molecular complexity index is 808. The fourth-order valence-electron chi connectivity index (χ4n) is 3.21. The van der Waals surface area contributed by atoms with Crippen molar-refractivity contribution in [3.63, 3.8) is 0 Å².